The Balaban J connectivity index is 0.00000241. The highest BCUT2D eigenvalue weighted by Gasteiger charge is 2.08. The van der Waals surface area contributed by atoms with E-state index in [9.17, 15) is 0 Å². The first kappa shape index (κ1) is 30.3. The molecule has 0 saturated heterocycles. The van der Waals surface area contributed by atoms with Crippen LogP contribution in [0.4, 0.5) is 33.0 Å². The van der Waals surface area contributed by atoms with Gasteiger partial charge >= 0.3 is 10.3 Å². The molecular formula is C24H28Cl2N8OS2. The third kappa shape index (κ3) is 9.78. The Bertz CT molecular complexity index is 1160. The second-order valence-electron chi connectivity index (χ2n) is 7.55. The van der Waals surface area contributed by atoms with Crippen molar-refractivity contribution in [3.63, 3.8) is 0 Å². The number of ether oxygens (including phenoxy) is 1. The molecule has 9 nitrogen and oxygen atoms in total. The zero-order valence-corrected chi connectivity index (χ0v) is 23.6. The van der Waals surface area contributed by atoms with Gasteiger partial charge in [-0.05, 0) is 81.4 Å². The lowest BCUT2D eigenvalue weighted by atomic mass is 10.3. The predicted molar refractivity (Wildman–Crippen MR) is 140 cm³/mol. The molecule has 0 bridgehead atoms. The second kappa shape index (κ2) is 16.0. The van der Waals surface area contributed by atoms with Crippen LogP contribution in [-0.2, 0) is 18.8 Å². The molecule has 196 valence electrons. The minimum atomic E-state index is 0. The zero-order valence-electron chi connectivity index (χ0n) is 20.4. The van der Waals surface area contributed by atoms with Crippen molar-refractivity contribution in [1.82, 2.24) is 0 Å². The smallest absolute Gasteiger partial charge is 0.408 e. The molecule has 4 rings (SSSR count). The van der Waals surface area contributed by atoms with Crippen LogP contribution in [0.25, 0.3) is 0 Å². The molecule has 0 aliphatic carbocycles. The van der Waals surface area contributed by atoms with Gasteiger partial charge in [0.15, 0.2) is 0 Å². The van der Waals surface area contributed by atoms with Crippen molar-refractivity contribution in [2.75, 3.05) is 36.9 Å². The molecule has 2 heterocycles. The second-order valence-corrected chi connectivity index (χ2v) is 9.30. The molecule has 4 aromatic rings. The minimum absolute atomic E-state index is 0. The standard InChI is InChI=1S/C24H26N8OS2.2ClH/c1-31-13-17-34-23(31)29-27-21-7-3-19(4-8-21)25-11-15-33-16-12-26-20-5-9-22(10-6-20)28-30-24-32(2)14-18-35-24;;/h3-10,13-14,17-18H,11-12,15-16H2,1-2H3;2*1H. The topological polar surface area (TPSA) is 90.5 Å². The van der Waals surface area contributed by atoms with E-state index in [-0.39, 0.29) is 24.8 Å². The fourth-order valence-electron chi connectivity index (χ4n) is 2.98. The van der Waals surface area contributed by atoms with Crippen molar-refractivity contribution in [1.29, 1.82) is 0 Å². The van der Waals surface area contributed by atoms with Gasteiger partial charge in [-0.1, -0.05) is 0 Å². The van der Waals surface area contributed by atoms with Gasteiger partial charge in [0, 0.05) is 35.2 Å². The van der Waals surface area contributed by atoms with Crippen molar-refractivity contribution in [3.05, 3.63) is 71.7 Å². The molecule has 2 N–H and O–H groups in total. The maximum atomic E-state index is 5.71. The molecule has 0 atom stereocenters. The third-order valence-electron chi connectivity index (χ3n) is 4.91. The Labute approximate surface area is 236 Å². The first-order chi connectivity index (χ1) is 17.2. The van der Waals surface area contributed by atoms with Gasteiger partial charge in [-0.25, -0.2) is 9.13 Å². The van der Waals surface area contributed by atoms with Crippen molar-refractivity contribution in [3.8, 4) is 0 Å². The zero-order chi connectivity index (χ0) is 24.3. The molecule has 0 aliphatic heterocycles. The van der Waals surface area contributed by atoms with Gasteiger partial charge in [-0.2, -0.15) is 0 Å². The summed E-state index contributed by atoms with van der Waals surface area (Å²) in [6, 6.07) is 15.8. The number of hydrogen-bond acceptors (Lipinski definition) is 9. The average Bonchev–Trinajstić information content (AvgIpc) is 3.49. The normalized spacial score (nSPS) is 10.9. The summed E-state index contributed by atoms with van der Waals surface area (Å²) in [5, 5.41) is 29.5. The Morgan fingerprint density at radius 2 is 1.05 bits per heavy atom. The first-order valence-corrected chi connectivity index (χ1v) is 12.9. The molecule has 0 fully saturated rings. The van der Waals surface area contributed by atoms with Gasteiger partial charge in [0.05, 0.1) is 37.5 Å². The number of hydrogen-bond donors (Lipinski definition) is 2. The van der Waals surface area contributed by atoms with E-state index in [0.29, 0.717) is 13.2 Å². The molecule has 0 saturated carbocycles. The summed E-state index contributed by atoms with van der Waals surface area (Å²) < 4.78 is 9.59. The van der Waals surface area contributed by atoms with Gasteiger partial charge in [0.1, 0.15) is 23.8 Å². The van der Waals surface area contributed by atoms with Crippen molar-refractivity contribution >= 4 is 55.7 Å². The predicted octanol–water partition coefficient (Wildman–Crippen LogP) is -0.162. The van der Waals surface area contributed by atoms with E-state index in [1.165, 1.54) is 0 Å². The van der Waals surface area contributed by atoms with Crippen LogP contribution in [0.5, 0.6) is 0 Å². The van der Waals surface area contributed by atoms with E-state index in [4.69, 9.17) is 4.74 Å². The maximum Gasteiger partial charge on any atom is 0.408 e. The van der Waals surface area contributed by atoms with Gasteiger partial charge in [0.25, 0.3) is 0 Å². The lowest BCUT2D eigenvalue weighted by Crippen LogP contribution is -3.00. The lowest BCUT2D eigenvalue weighted by Gasteiger charge is -2.09. The number of halogens is 2. The Kier molecular flexibility index (Phi) is 13.1. The van der Waals surface area contributed by atoms with E-state index < -0.39 is 0 Å². The Morgan fingerprint density at radius 1 is 0.649 bits per heavy atom. The number of azo groups is 2. The molecule has 0 radical (unpaired) electrons. The van der Waals surface area contributed by atoms with Crippen LogP contribution in [0.1, 0.15) is 0 Å². The lowest BCUT2D eigenvalue weighted by molar-refractivity contribution is -0.654. The van der Waals surface area contributed by atoms with Crippen LogP contribution in [0.15, 0.2) is 92.1 Å². The van der Waals surface area contributed by atoms with Gasteiger partial charge in [-0.15, -0.1) is 0 Å². The van der Waals surface area contributed by atoms with E-state index in [1.807, 2.05) is 94.9 Å². The third-order valence-corrected chi connectivity index (χ3v) is 6.58. The quantitative estimate of drug-likeness (QED) is 0.139. The van der Waals surface area contributed by atoms with Crippen LogP contribution in [0.3, 0.4) is 0 Å². The highest BCUT2D eigenvalue weighted by atomic mass is 35.5. The summed E-state index contributed by atoms with van der Waals surface area (Å²) in [4.78, 5) is 0. The first-order valence-electron chi connectivity index (χ1n) is 11.1. The molecule has 2 aromatic heterocycles. The van der Waals surface area contributed by atoms with E-state index >= 15 is 0 Å². The van der Waals surface area contributed by atoms with Crippen LogP contribution >= 0.6 is 22.7 Å². The summed E-state index contributed by atoms with van der Waals surface area (Å²) >= 11 is 3.11. The summed E-state index contributed by atoms with van der Waals surface area (Å²) in [6.45, 7) is 2.70. The Morgan fingerprint density at radius 3 is 1.41 bits per heavy atom. The van der Waals surface area contributed by atoms with Gasteiger partial charge < -0.3 is 40.2 Å². The van der Waals surface area contributed by atoms with Crippen molar-refractivity contribution in [2.24, 2.45) is 34.6 Å². The van der Waals surface area contributed by atoms with Gasteiger partial charge in [-0.3, -0.25) is 0 Å². The number of thiazole rings is 2. The monoisotopic (exact) mass is 578 g/mol. The molecule has 13 heteroatoms. The fourth-order valence-corrected chi connectivity index (χ4v) is 4.34. The number of benzene rings is 2. The molecule has 0 spiro atoms. The number of nitrogens with zero attached hydrogens (tertiary/aromatic N) is 6. The molecular weight excluding hydrogens is 551 g/mol. The Hall–Kier alpha value is -2.96. The fraction of sp³-hybridized carbons (Fsp3) is 0.250. The summed E-state index contributed by atoms with van der Waals surface area (Å²) in [5.74, 6) is 0. The van der Waals surface area contributed by atoms with Crippen molar-refractivity contribution < 1.29 is 38.7 Å². The van der Waals surface area contributed by atoms with E-state index in [0.717, 1.165) is 46.1 Å². The number of rotatable bonds is 12. The minimum Gasteiger partial charge on any atom is -1.00 e. The average molecular weight is 580 g/mol. The molecule has 0 aliphatic rings. The van der Waals surface area contributed by atoms with Crippen LogP contribution in [-0.4, -0.2) is 26.3 Å². The largest absolute Gasteiger partial charge is 1.00 e. The molecule has 0 amide bonds. The highest BCUT2D eigenvalue weighted by Crippen LogP contribution is 2.21. The SMILES string of the molecule is C[n+]1ccsc1N=Nc1ccc(NCCOCCNc2ccc(N=Nc3scc[n+]3C)cc2)cc1.[Cl-].[Cl-]. The van der Waals surface area contributed by atoms with E-state index in [2.05, 4.69) is 31.1 Å². The van der Waals surface area contributed by atoms with Crippen LogP contribution < -0.4 is 44.6 Å². The van der Waals surface area contributed by atoms with E-state index in [1.54, 1.807) is 22.7 Å². The van der Waals surface area contributed by atoms with Crippen LogP contribution in [0.2, 0.25) is 0 Å². The molecule has 2 aromatic carbocycles. The molecule has 0 unspecified atom stereocenters. The summed E-state index contributed by atoms with van der Waals surface area (Å²) in [7, 11) is 3.91. The maximum absolute atomic E-state index is 5.71. The van der Waals surface area contributed by atoms with Gasteiger partial charge in [0.2, 0.25) is 0 Å². The molecule has 37 heavy (non-hydrogen) atoms. The van der Waals surface area contributed by atoms with Crippen molar-refractivity contribution in [2.45, 2.75) is 0 Å². The number of aromatic nitrogens is 2. The summed E-state index contributed by atoms with van der Waals surface area (Å²) in [6.07, 6.45) is 3.92. The highest BCUT2D eigenvalue weighted by molar-refractivity contribution is 7.13. The number of aryl methyl sites for hydroxylation is 2. The number of nitrogens with one attached hydrogen (secondary N) is 2. The number of anilines is 2. The van der Waals surface area contributed by atoms with Crippen LogP contribution in [0, 0.1) is 0 Å². The summed E-state index contributed by atoms with van der Waals surface area (Å²) in [5.41, 5.74) is 3.69.